The molecule has 19 heavy (non-hydrogen) atoms. The maximum absolute atomic E-state index is 10.9. The summed E-state index contributed by atoms with van der Waals surface area (Å²) in [5, 5.41) is 8.97. The molecule has 1 heterocycles. The number of carboxylic acid groups (broad SMARTS) is 1. The Balaban J connectivity index is 1.95. The minimum absolute atomic E-state index is 0.376. The van der Waals surface area contributed by atoms with Gasteiger partial charge in [0.05, 0.1) is 13.2 Å². The lowest BCUT2D eigenvalue weighted by atomic mass is 10.0. The lowest BCUT2D eigenvalue weighted by Gasteiger charge is -2.11. The zero-order valence-electron chi connectivity index (χ0n) is 10.6. The molecule has 0 amide bonds. The number of carboxylic acids is 1. The van der Waals surface area contributed by atoms with Crippen LogP contribution in [0.1, 0.15) is 24.8 Å². The maximum Gasteiger partial charge on any atom is 0.328 e. The monoisotopic (exact) mass is 260 g/mol. The highest BCUT2D eigenvalue weighted by Gasteiger charge is 2.28. The Bertz CT molecular complexity index is 529. The van der Waals surface area contributed by atoms with Crippen LogP contribution < -0.4 is 9.47 Å². The maximum atomic E-state index is 10.9. The molecule has 1 aromatic rings. The van der Waals surface area contributed by atoms with Crippen LogP contribution >= 0.6 is 0 Å². The van der Waals surface area contributed by atoms with Crippen molar-refractivity contribution in [3.8, 4) is 11.5 Å². The van der Waals surface area contributed by atoms with Crippen LogP contribution in [0.4, 0.5) is 0 Å². The van der Waals surface area contributed by atoms with Crippen LogP contribution in [-0.4, -0.2) is 24.3 Å². The number of fused-ring (bicyclic) bond motifs is 1. The Hall–Kier alpha value is -1.97. The van der Waals surface area contributed by atoms with Gasteiger partial charge < -0.3 is 14.6 Å². The van der Waals surface area contributed by atoms with Crippen LogP contribution in [-0.2, 0) is 4.79 Å². The first-order valence-corrected chi connectivity index (χ1v) is 6.58. The number of benzene rings is 1. The molecular weight excluding hydrogens is 244 g/mol. The Morgan fingerprint density at radius 1 is 1.21 bits per heavy atom. The van der Waals surface area contributed by atoms with E-state index >= 15 is 0 Å². The first-order chi connectivity index (χ1) is 9.24. The van der Waals surface area contributed by atoms with Crippen molar-refractivity contribution in [3.63, 3.8) is 0 Å². The summed E-state index contributed by atoms with van der Waals surface area (Å²) in [5.74, 6) is 0.938. The van der Waals surface area contributed by atoms with Gasteiger partial charge in [-0.1, -0.05) is 6.07 Å². The minimum Gasteiger partial charge on any atom is -0.490 e. The summed E-state index contributed by atoms with van der Waals surface area (Å²) < 4.78 is 11.2. The van der Waals surface area contributed by atoms with Gasteiger partial charge >= 0.3 is 5.97 Å². The van der Waals surface area contributed by atoms with Gasteiger partial charge in [0.15, 0.2) is 11.5 Å². The molecule has 1 aliphatic heterocycles. The summed E-state index contributed by atoms with van der Waals surface area (Å²) >= 11 is 0. The van der Waals surface area contributed by atoms with E-state index in [1.54, 1.807) is 0 Å². The van der Waals surface area contributed by atoms with Crippen molar-refractivity contribution in [1.82, 2.24) is 0 Å². The van der Waals surface area contributed by atoms with Gasteiger partial charge in [-0.3, -0.25) is 0 Å². The van der Waals surface area contributed by atoms with E-state index in [1.165, 1.54) is 6.08 Å². The highest BCUT2D eigenvalue weighted by atomic mass is 16.5. The van der Waals surface area contributed by atoms with Gasteiger partial charge in [0.1, 0.15) is 0 Å². The zero-order chi connectivity index (χ0) is 13.2. The summed E-state index contributed by atoms with van der Waals surface area (Å²) in [7, 11) is 0. The molecule has 0 unspecified atom stereocenters. The minimum atomic E-state index is -0.894. The van der Waals surface area contributed by atoms with Crippen LogP contribution in [0.15, 0.2) is 24.3 Å². The van der Waals surface area contributed by atoms with E-state index in [2.05, 4.69) is 0 Å². The van der Waals surface area contributed by atoms with Gasteiger partial charge in [0, 0.05) is 12.5 Å². The van der Waals surface area contributed by atoms with Crippen molar-refractivity contribution in [3.05, 3.63) is 29.8 Å². The van der Waals surface area contributed by atoms with Crippen molar-refractivity contribution in [2.45, 2.75) is 19.3 Å². The van der Waals surface area contributed by atoms with Crippen molar-refractivity contribution < 1.29 is 19.4 Å². The smallest absolute Gasteiger partial charge is 0.328 e. The topological polar surface area (TPSA) is 55.8 Å². The standard InChI is InChI=1S/C15H16O4/c16-15(17)9-12(10-2-3-10)11-4-5-13-14(8-11)19-7-1-6-18-13/h4-5,8-10H,1-3,6-7H2,(H,16,17)/b12-9+. The average Bonchev–Trinajstić information content (AvgIpc) is 3.21. The number of rotatable bonds is 3. The zero-order valence-corrected chi connectivity index (χ0v) is 10.6. The van der Waals surface area contributed by atoms with Crippen LogP contribution in [0.5, 0.6) is 11.5 Å². The molecule has 1 aromatic carbocycles. The van der Waals surface area contributed by atoms with Crippen molar-refractivity contribution in [1.29, 1.82) is 0 Å². The summed E-state index contributed by atoms with van der Waals surface area (Å²) in [6.07, 6.45) is 4.31. The summed E-state index contributed by atoms with van der Waals surface area (Å²) in [6, 6.07) is 5.68. The number of aliphatic carboxylic acids is 1. The van der Waals surface area contributed by atoms with E-state index in [0.717, 1.165) is 36.1 Å². The van der Waals surface area contributed by atoms with Gasteiger partial charge in [0.25, 0.3) is 0 Å². The Labute approximate surface area is 111 Å². The van der Waals surface area contributed by atoms with Gasteiger partial charge in [-0.15, -0.1) is 0 Å². The molecule has 1 aliphatic carbocycles. The Morgan fingerprint density at radius 3 is 2.63 bits per heavy atom. The second-order valence-electron chi connectivity index (χ2n) is 4.92. The fourth-order valence-electron chi connectivity index (χ4n) is 2.31. The molecule has 4 heteroatoms. The second kappa shape index (κ2) is 4.96. The van der Waals surface area contributed by atoms with Gasteiger partial charge in [-0.05, 0) is 42.0 Å². The van der Waals surface area contributed by atoms with Crippen LogP contribution in [0.25, 0.3) is 5.57 Å². The second-order valence-corrected chi connectivity index (χ2v) is 4.92. The van der Waals surface area contributed by atoms with Crippen LogP contribution in [0.2, 0.25) is 0 Å². The third-order valence-corrected chi connectivity index (χ3v) is 3.38. The predicted molar refractivity (Wildman–Crippen MR) is 70.4 cm³/mol. The summed E-state index contributed by atoms with van der Waals surface area (Å²) in [5.41, 5.74) is 1.82. The quantitative estimate of drug-likeness (QED) is 0.849. The average molecular weight is 260 g/mol. The predicted octanol–water partition coefficient (Wildman–Crippen LogP) is 2.73. The third-order valence-electron chi connectivity index (χ3n) is 3.38. The molecule has 4 nitrogen and oxygen atoms in total. The van der Waals surface area contributed by atoms with Gasteiger partial charge in [-0.25, -0.2) is 4.79 Å². The Kier molecular flexibility index (Phi) is 3.15. The lowest BCUT2D eigenvalue weighted by Crippen LogP contribution is -1.97. The molecule has 1 N–H and O–H groups in total. The molecule has 0 bridgehead atoms. The molecule has 3 rings (SSSR count). The molecule has 0 spiro atoms. The third kappa shape index (κ3) is 2.72. The normalized spacial score (nSPS) is 18.8. The summed E-state index contributed by atoms with van der Waals surface area (Å²) in [6.45, 7) is 1.30. The van der Waals surface area contributed by atoms with E-state index < -0.39 is 5.97 Å². The summed E-state index contributed by atoms with van der Waals surface area (Å²) in [4.78, 5) is 10.9. The number of hydrogen-bond acceptors (Lipinski definition) is 3. The van der Waals surface area contributed by atoms with Crippen molar-refractivity contribution in [2.75, 3.05) is 13.2 Å². The van der Waals surface area contributed by atoms with Gasteiger partial charge in [0.2, 0.25) is 0 Å². The Morgan fingerprint density at radius 2 is 1.95 bits per heavy atom. The SMILES string of the molecule is O=C(O)/C=C(/c1ccc2c(c1)OCCCO2)C1CC1. The van der Waals surface area contributed by atoms with Crippen LogP contribution in [0, 0.1) is 5.92 Å². The first-order valence-electron chi connectivity index (χ1n) is 6.58. The molecule has 0 atom stereocenters. The number of hydrogen-bond donors (Lipinski definition) is 1. The van der Waals surface area contributed by atoms with Gasteiger partial charge in [-0.2, -0.15) is 0 Å². The fraction of sp³-hybridized carbons (Fsp3) is 0.400. The highest BCUT2D eigenvalue weighted by molar-refractivity contribution is 5.91. The fourth-order valence-corrected chi connectivity index (χ4v) is 2.31. The number of carbonyl (C=O) groups is 1. The molecule has 2 aliphatic rings. The first kappa shape index (κ1) is 12.1. The van der Waals surface area contributed by atoms with E-state index in [0.29, 0.717) is 24.9 Å². The highest BCUT2D eigenvalue weighted by Crippen LogP contribution is 2.43. The van der Waals surface area contributed by atoms with Crippen molar-refractivity contribution in [2.24, 2.45) is 5.92 Å². The molecule has 0 aromatic heterocycles. The molecule has 100 valence electrons. The largest absolute Gasteiger partial charge is 0.490 e. The van der Waals surface area contributed by atoms with E-state index in [-0.39, 0.29) is 0 Å². The molecule has 0 saturated heterocycles. The molecular formula is C15H16O4. The molecule has 1 saturated carbocycles. The number of allylic oxidation sites excluding steroid dienone is 1. The van der Waals surface area contributed by atoms with Crippen molar-refractivity contribution >= 4 is 11.5 Å². The molecule has 1 fully saturated rings. The number of ether oxygens (including phenoxy) is 2. The van der Waals surface area contributed by atoms with Crippen LogP contribution in [0.3, 0.4) is 0 Å². The van der Waals surface area contributed by atoms with E-state index in [1.807, 2.05) is 18.2 Å². The van der Waals surface area contributed by atoms with E-state index in [4.69, 9.17) is 14.6 Å². The lowest BCUT2D eigenvalue weighted by molar-refractivity contribution is -0.131. The van der Waals surface area contributed by atoms with E-state index in [9.17, 15) is 4.79 Å². The molecule has 0 radical (unpaired) electrons.